The summed E-state index contributed by atoms with van der Waals surface area (Å²) in [6, 6.07) is 15.7. The summed E-state index contributed by atoms with van der Waals surface area (Å²) < 4.78 is 26.4. The highest BCUT2D eigenvalue weighted by atomic mass is 32.2. The molecular weight excluding hydrogens is 398 g/mol. The number of aryl methyl sites for hydroxylation is 1. The lowest BCUT2D eigenvalue weighted by atomic mass is 10.0. The molecule has 0 N–H and O–H groups in total. The molecule has 0 spiro atoms. The number of benzene rings is 2. The maximum absolute atomic E-state index is 13.2. The molecule has 1 aliphatic rings. The molecule has 1 aliphatic heterocycles. The van der Waals surface area contributed by atoms with Crippen LogP contribution in [0, 0.1) is 6.92 Å². The molecule has 1 amide bonds. The Kier molecular flexibility index (Phi) is 6.65. The maximum Gasteiger partial charge on any atom is 0.254 e. The van der Waals surface area contributed by atoms with Crippen molar-refractivity contribution in [3.63, 3.8) is 0 Å². The second-order valence-electron chi connectivity index (χ2n) is 8.33. The third-order valence-corrected chi connectivity index (χ3v) is 7.75. The van der Waals surface area contributed by atoms with E-state index in [0.717, 1.165) is 6.54 Å². The Morgan fingerprint density at radius 3 is 2.20 bits per heavy atom. The normalized spacial score (nSPS) is 20.5. The van der Waals surface area contributed by atoms with E-state index in [0.29, 0.717) is 24.2 Å². The van der Waals surface area contributed by atoms with E-state index in [1.54, 1.807) is 19.1 Å². The fourth-order valence-electron chi connectivity index (χ4n) is 4.02. The minimum Gasteiger partial charge on any atom is -0.336 e. The number of piperazine rings is 1. The van der Waals surface area contributed by atoms with Crippen LogP contribution in [0.15, 0.2) is 53.4 Å². The summed E-state index contributed by atoms with van der Waals surface area (Å²) in [7, 11) is -0.608. The SMILES string of the molecule is Cc1ccc(C(=O)N2CC(C)N(Cc3ccccc3)C(C)C2)cc1S(=O)(=O)N(C)C. The minimum atomic E-state index is -3.60. The second-order valence-corrected chi connectivity index (χ2v) is 10.5. The molecule has 2 aromatic rings. The second kappa shape index (κ2) is 8.88. The quantitative estimate of drug-likeness (QED) is 0.733. The van der Waals surface area contributed by atoms with E-state index in [1.165, 1.54) is 30.0 Å². The Bertz CT molecular complexity index is 994. The van der Waals surface area contributed by atoms with E-state index in [2.05, 4.69) is 30.9 Å². The lowest BCUT2D eigenvalue weighted by Crippen LogP contribution is -2.57. The highest BCUT2D eigenvalue weighted by Gasteiger charge is 2.32. The fraction of sp³-hybridized carbons (Fsp3) is 0.435. The van der Waals surface area contributed by atoms with Crippen LogP contribution in [0.5, 0.6) is 0 Å². The van der Waals surface area contributed by atoms with Crippen molar-refractivity contribution >= 4 is 15.9 Å². The van der Waals surface area contributed by atoms with Crippen molar-refractivity contribution < 1.29 is 13.2 Å². The van der Waals surface area contributed by atoms with Crippen LogP contribution < -0.4 is 0 Å². The van der Waals surface area contributed by atoms with Crippen LogP contribution in [0.2, 0.25) is 0 Å². The van der Waals surface area contributed by atoms with Crippen molar-refractivity contribution in [1.29, 1.82) is 0 Å². The van der Waals surface area contributed by atoms with Crippen LogP contribution in [0.4, 0.5) is 0 Å². The number of sulfonamides is 1. The highest BCUT2D eigenvalue weighted by Crippen LogP contribution is 2.24. The molecule has 6 nitrogen and oxygen atoms in total. The van der Waals surface area contributed by atoms with Crippen LogP contribution in [-0.4, -0.2) is 67.7 Å². The van der Waals surface area contributed by atoms with Gasteiger partial charge in [-0.3, -0.25) is 9.69 Å². The summed E-state index contributed by atoms with van der Waals surface area (Å²) >= 11 is 0. The molecule has 2 aromatic carbocycles. The summed E-state index contributed by atoms with van der Waals surface area (Å²) in [4.78, 5) is 17.7. The molecule has 7 heteroatoms. The average Bonchev–Trinajstić information content (AvgIpc) is 2.71. The van der Waals surface area contributed by atoms with E-state index in [4.69, 9.17) is 0 Å². The largest absolute Gasteiger partial charge is 0.336 e. The molecule has 2 unspecified atom stereocenters. The number of hydrogen-bond donors (Lipinski definition) is 0. The first-order valence-electron chi connectivity index (χ1n) is 10.2. The fourth-order valence-corrected chi connectivity index (χ4v) is 5.16. The maximum atomic E-state index is 13.2. The van der Waals surface area contributed by atoms with Gasteiger partial charge in [-0.1, -0.05) is 36.4 Å². The Morgan fingerprint density at radius 2 is 1.63 bits per heavy atom. The molecule has 3 rings (SSSR count). The van der Waals surface area contributed by atoms with Gasteiger partial charge in [-0.15, -0.1) is 0 Å². The van der Waals surface area contributed by atoms with Crippen molar-refractivity contribution in [2.24, 2.45) is 0 Å². The number of rotatable bonds is 5. The van der Waals surface area contributed by atoms with Gasteiger partial charge in [-0.2, -0.15) is 0 Å². The highest BCUT2D eigenvalue weighted by molar-refractivity contribution is 7.89. The van der Waals surface area contributed by atoms with Crippen molar-refractivity contribution in [3.8, 4) is 0 Å². The Labute approximate surface area is 180 Å². The number of carbonyl (C=O) groups is 1. The zero-order valence-electron chi connectivity index (χ0n) is 18.4. The van der Waals surface area contributed by atoms with E-state index in [9.17, 15) is 13.2 Å². The summed E-state index contributed by atoms with van der Waals surface area (Å²) in [6.45, 7) is 8.09. The van der Waals surface area contributed by atoms with Crippen LogP contribution in [0.1, 0.15) is 35.3 Å². The molecule has 2 atom stereocenters. The molecule has 162 valence electrons. The van der Waals surface area contributed by atoms with E-state index in [1.807, 2.05) is 23.1 Å². The van der Waals surface area contributed by atoms with Gasteiger partial charge in [0.05, 0.1) is 4.90 Å². The van der Waals surface area contributed by atoms with Gasteiger partial charge in [0.25, 0.3) is 5.91 Å². The molecule has 0 aromatic heterocycles. The Balaban J connectivity index is 1.79. The third kappa shape index (κ3) is 4.58. The molecule has 0 bridgehead atoms. The number of hydrogen-bond acceptors (Lipinski definition) is 4. The van der Waals surface area contributed by atoms with Crippen molar-refractivity contribution in [1.82, 2.24) is 14.1 Å². The van der Waals surface area contributed by atoms with E-state index < -0.39 is 10.0 Å². The lowest BCUT2D eigenvalue weighted by Gasteiger charge is -2.44. The minimum absolute atomic E-state index is 0.122. The lowest BCUT2D eigenvalue weighted by molar-refractivity contribution is 0.0269. The first-order chi connectivity index (χ1) is 14.1. The van der Waals surface area contributed by atoms with Crippen LogP contribution in [0.3, 0.4) is 0 Å². The van der Waals surface area contributed by atoms with Gasteiger partial charge < -0.3 is 4.90 Å². The Hall–Kier alpha value is -2.22. The standard InChI is InChI=1S/C23H31N3O3S/c1-17-11-12-21(13-22(17)30(28,29)24(4)5)23(27)25-14-18(2)26(19(3)15-25)16-20-9-7-6-8-10-20/h6-13,18-19H,14-16H2,1-5H3. The van der Waals surface area contributed by atoms with Gasteiger partial charge in [0.2, 0.25) is 10.0 Å². The van der Waals surface area contributed by atoms with E-state index >= 15 is 0 Å². The smallest absolute Gasteiger partial charge is 0.254 e. The molecule has 1 fully saturated rings. The zero-order valence-corrected chi connectivity index (χ0v) is 19.2. The van der Waals surface area contributed by atoms with Crippen LogP contribution in [-0.2, 0) is 16.6 Å². The molecule has 0 saturated carbocycles. The summed E-state index contributed by atoms with van der Waals surface area (Å²) in [5.41, 5.74) is 2.31. The number of nitrogens with zero attached hydrogens (tertiary/aromatic N) is 3. The van der Waals surface area contributed by atoms with Gasteiger partial charge in [0, 0.05) is 51.4 Å². The van der Waals surface area contributed by atoms with Gasteiger partial charge in [0.1, 0.15) is 0 Å². The average molecular weight is 430 g/mol. The van der Waals surface area contributed by atoms with E-state index in [-0.39, 0.29) is 22.9 Å². The molecule has 0 radical (unpaired) electrons. The third-order valence-electron chi connectivity index (χ3n) is 5.79. The molecule has 1 saturated heterocycles. The van der Waals surface area contributed by atoms with Crippen LogP contribution in [0.25, 0.3) is 0 Å². The topological polar surface area (TPSA) is 60.9 Å². The van der Waals surface area contributed by atoms with Gasteiger partial charge in [0.15, 0.2) is 0 Å². The molecule has 0 aliphatic carbocycles. The van der Waals surface area contributed by atoms with Crippen molar-refractivity contribution in [3.05, 3.63) is 65.2 Å². The zero-order chi connectivity index (χ0) is 22.1. The summed E-state index contributed by atoms with van der Waals surface area (Å²) in [5, 5.41) is 0. The first kappa shape index (κ1) is 22.5. The summed E-state index contributed by atoms with van der Waals surface area (Å²) in [6.07, 6.45) is 0. The van der Waals surface area contributed by atoms with Gasteiger partial charge in [-0.05, 0) is 44.0 Å². The predicted octanol–water partition coefficient (Wildman–Crippen LogP) is 2.98. The first-order valence-corrected chi connectivity index (χ1v) is 11.7. The Morgan fingerprint density at radius 1 is 1.03 bits per heavy atom. The van der Waals surface area contributed by atoms with Crippen molar-refractivity contribution in [2.45, 2.75) is 44.3 Å². The number of carbonyl (C=O) groups excluding carboxylic acids is 1. The van der Waals surface area contributed by atoms with Gasteiger partial charge in [-0.25, -0.2) is 12.7 Å². The molecule has 1 heterocycles. The number of amides is 1. The van der Waals surface area contributed by atoms with Crippen molar-refractivity contribution in [2.75, 3.05) is 27.2 Å². The summed E-state index contributed by atoms with van der Waals surface area (Å²) in [5.74, 6) is -0.122. The monoisotopic (exact) mass is 429 g/mol. The molecule has 30 heavy (non-hydrogen) atoms. The van der Waals surface area contributed by atoms with Gasteiger partial charge >= 0.3 is 0 Å². The van der Waals surface area contributed by atoms with Crippen LogP contribution >= 0.6 is 0 Å². The predicted molar refractivity (Wildman–Crippen MR) is 119 cm³/mol. The molecular formula is C23H31N3O3S.